The summed E-state index contributed by atoms with van der Waals surface area (Å²) in [5.41, 5.74) is 0.366. The van der Waals surface area contributed by atoms with Crippen LogP contribution in [0.2, 0.25) is 0 Å². The summed E-state index contributed by atoms with van der Waals surface area (Å²) < 4.78 is 40.4. The Bertz CT molecular complexity index is 517. The molecule has 1 aromatic carbocycles. The molecule has 0 spiro atoms. The molecule has 0 aromatic heterocycles. The van der Waals surface area contributed by atoms with Gasteiger partial charge in [0.2, 0.25) is 10.0 Å². The Kier molecular flexibility index (Phi) is 5.90. The summed E-state index contributed by atoms with van der Waals surface area (Å²) in [7, 11) is -3.89. The predicted molar refractivity (Wildman–Crippen MR) is 71.6 cm³/mol. The largest absolute Gasteiger partial charge is 0.392 e. The minimum Gasteiger partial charge on any atom is -0.392 e. The van der Waals surface area contributed by atoms with Crippen LogP contribution in [0.25, 0.3) is 0 Å². The first kappa shape index (κ1) is 16.1. The van der Waals surface area contributed by atoms with Crippen LogP contribution in [0.1, 0.15) is 38.7 Å². The molecule has 0 aliphatic rings. The van der Waals surface area contributed by atoms with Crippen LogP contribution in [0.5, 0.6) is 0 Å². The van der Waals surface area contributed by atoms with Gasteiger partial charge >= 0.3 is 0 Å². The van der Waals surface area contributed by atoms with E-state index in [9.17, 15) is 12.8 Å². The highest BCUT2D eigenvalue weighted by atomic mass is 32.2. The van der Waals surface area contributed by atoms with Gasteiger partial charge in [-0.3, -0.25) is 0 Å². The molecule has 0 saturated carbocycles. The maximum atomic E-state index is 13.6. The van der Waals surface area contributed by atoms with Crippen LogP contribution in [-0.4, -0.2) is 19.6 Å². The zero-order chi connectivity index (χ0) is 14.5. The highest BCUT2D eigenvalue weighted by Gasteiger charge is 2.22. The van der Waals surface area contributed by atoms with Gasteiger partial charge in [-0.2, -0.15) is 0 Å². The Labute approximate surface area is 113 Å². The topological polar surface area (TPSA) is 66.4 Å². The van der Waals surface area contributed by atoms with Crippen LogP contribution in [0, 0.1) is 5.82 Å². The molecule has 0 amide bonds. The van der Waals surface area contributed by atoms with Gasteiger partial charge in [-0.25, -0.2) is 17.5 Å². The second-order valence-electron chi connectivity index (χ2n) is 4.44. The first-order valence-electron chi connectivity index (χ1n) is 6.36. The van der Waals surface area contributed by atoms with Crippen LogP contribution >= 0.6 is 0 Å². The molecule has 0 saturated heterocycles. The average Bonchev–Trinajstić information content (AvgIpc) is 2.38. The fourth-order valence-electron chi connectivity index (χ4n) is 1.83. The molecule has 1 rings (SSSR count). The van der Waals surface area contributed by atoms with Crippen molar-refractivity contribution in [2.24, 2.45) is 0 Å². The molecule has 1 atom stereocenters. The third-order valence-electron chi connectivity index (χ3n) is 2.92. The molecule has 4 nitrogen and oxygen atoms in total. The van der Waals surface area contributed by atoms with Crippen molar-refractivity contribution in [3.63, 3.8) is 0 Å². The lowest BCUT2D eigenvalue weighted by atomic mass is 10.1. The molecule has 0 aliphatic carbocycles. The average molecular weight is 289 g/mol. The number of rotatable bonds is 7. The Morgan fingerprint density at radius 2 is 2.05 bits per heavy atom. The van der Waals surface area contributed by atoms with Gasteiger partial charge in [-0.05, 0) is 30.5 Å². The van der Waals surface area contributed by atoms with Crippen molar-refractivity contribution in [3.05, 3.63) is 29.6 Å². The van der Waals surface area contributed by atoms with Crippen molar-refractivity contribution in [2.75, 3.05) is 0 Å². The molecule has 6 heteroatoms. The van der Waals surface area contributed by atoms with E-state index in [-0.39, 0.29) is 12.6 Å². The van der Waals surface area contributed by atoms with Gasteiger partial charge in [0.15, 0.2) is 0 Å². The third kappa shape index (κ3) is 4.26. The van der Waals surface area contributed by atoms with E-state index in [1.165, 1.54) is 6.07 Å². The van der Waals surface area contributed by atoms with Crippen molar-refractivity contribution in [1.82, 2.24) is 4.72 Å². The second-order valence-corrected chi connectivity index (χ2v) is 6.12. The molecule has 2 N–H and O–H groups in total. The molecule has 0 heterocycles. The highest BCUT2D eigenvalue weighted by Crippen LogP contribution is 2.18. The first-order chi connectivity index (χ1) is 8.94. The van der Waals surface area contributed by atoms with Crippen LogP contribution in [0.15, 0.2) is 23.1 Å². The van der Waals surface area contributed by atoms with Gasteiger partial charge in [-0.1, -0.05) is 26.3 Å². The zero-order valence-corrected chi connectivity index (χ0v) is 12.0. The van der Waals surface area contributed by atoms with Crippen molar-refractivity contribution < 1.29 is 17.9 Å². The molecule has 108 valence electrons. The predicted octanol–water partition coefficient (Wildman–Crippen LogP) is 2.17. The van der Waals surface area contributed by atoms with Gasteiger partial charge < -0.3 is 5.11 Å². The number of hydrogen-bond donors (Lipinski definition) is 2. The lowest BCUT2D eigenvalue weighted by Gasteiger charge is -2.16. The van der Waals surface area contributed by atoms with Crippen molar-refractivity contribution in [1.29, 1.82) is 0 Å². The molecule has 0 fully saturated rings. The van der Waals surface area contributed by atoms with Gasteiger partial charge in [0.1, 0.15) is 10.7 Å². The monoisotopic (exact) mass is 289 g/mol. The van der Waals surface area contributed by atoms with Crippen LogP contribution < -0.4 is 4.72 Å². The Hall–Kier alpha value is -0.980. The molecule has 19 heavy (non-hydrogen) atoms. The first-order valence-corrected chi connectivity index (χ1v) is 7.84. The summed E-state index contributed by atoms with van der Waals surface area (Å²) >= 11 is 0. The Morgan fingerprint density at radius 3 is 2.58 bits per heavy atom. The van der Waals surface area contributed by atoms with Crippen LogP contribution in [-0.2, 0) is 16.6 Å². The number of aliphatic hydroxyl groups excluding tert-OH is 1. The number of hydrogen-bond acceptors (Lipinski definition) is 3. The fraction of sp³-hybridized carbons (Fsp3) is 0.538. The van der Waals surface area contributed by atoms with E-state index in [1.807, 2.05) is 13.8 Å². The summed E-state index contributed by atoms with van der Waals surface area (Å²) in [4.78, 5) is -0.409. The van der Waals surface area contributed by atoms with Crippen molar-refractivity contribution in [3.8, 4) is 0 Å². The Balaban J connectivity index is 3.05. The summed E-state index contributed by atoms with van der Waals surface area (Å²) in [5.74, 6) is -0.809. The SMILES string of the molecule is CCCC(CC)NS(=O)(=O)c1cc(CO)ccc1F. The number of sulfonamides is 1. The Morgan fingerprint density at radius 1 is 1.37 bits per heavy atom. The standard InChI is InChI=1S/C13H20FNO3S/c1-3-5-11(4-2)15-19(17,18)13-8-10(9-16)6-7-12(13)14/h6-8,11,15-16H,3-5,9H2,1-2H3. The number of benzene rings is 1. The van der Waals surface area contributed by atoms with Crippen molar-refractivity contribution >= 4 is 10.0 Å². The summed E-state index contributed by atoms with van der Waals surface area (Å²) in [6.07, 6.45) is 2.20. The van der Waals surface area contributed by atoms with E-state index >= 15 is 0 Å². The zero-order valence-electron chi connectivity index (χ0n) is 11.2. The summed E-state index contributed by atoms with van der Waals surface area (Å²) in [6.45, 7) is 3.52. The lowest BCUT2D eigenvalue weighted by Crippen LogP contribution is -2.34. The lowest BCUT2D eigenvalue weighted by molar-refractivity contribution is 0.281. The third-order valence-corrected chi connectivity index (χ3v) is 4.45. The number of aliphatic hydroxyl groups is 1. The summed E-state index contributed by atoms with van der Waals surface area (Å²) in [6, 6.07) is 3.38. The normalized spacial score (nSPS) is 13.5. The van der Waals surface area contributed by atoms with Gasteiger partial charge in [-0.15, -0.1) is 0 Å². The van der Waals surface area contributed by atoms with Crippen LogP contribution in [0.4, 0.5) is 4.39 Å². The van der Waals surface area contributed by atoms with E-state index < -0.39 is 20.7 Å². The summed E-state index contributed by atoms with van der Waals surface area (Å²) in [5, 5.41) is 8.99. The van der Waals surface area contributed by atoms with Gasteiger partial charge in [0.05, 0.1) is 6.61 Å². The fourth-order valence-corrected chi connectivity index (χ4v) is 3.31. The van der Waals surface area contributed by atoms with Crippen LogP contribution in [0.3, 0.4) is 0 Å². The molecule has 1 aromatic rings. The van der Waals surface area contributed by atoms with E-state index in [0.717, 1.165) is 18.6 Å². The highest BCUT2D eigenvalue weighted by molar-refractivity contribution is 7.89. The van der Waals surface area contributed by atoms with Gasteiger partial charge in [0.25, 0.3) is 0 Å². The minimum atomic E-state index is -3.89. The van der Waals surface area contributed by atoms with Gasteiger partial charge in [0, 0.05) is 6.04 Å². The second kappa shape index (κ2) is 6.98. The van der Waals surface area contributed by atoms with E-state index in [1.54, 1.807) is 0 Å². The molecule has 1 unspecified atom stereocenters. The van der Waals surface area contributed by atoms with E-state index in [4.69, 9.17) is 5.11 Å². The molecule has 0 radical (unpaired) electrons. The van der Waals surface area contributed by atoms with E-state index in [0.29, 0.717) is 18.4 Å². The quantitative estimate of drug-likeness (QED) is 0.808. The maximum Gasteiger partial charge on any atom is 0.243 e. The number of nitrogens with one attached hydrogen (secondary N) is 1. The molecule has 0 aliphatic heterocycles. The maximum absolute atomic E-state index is 13.6. The van der Waals surface area contributed by atoms with E-state index in [2.05, 4.69) is 4.72 Å². The number of halogens is 1. The molecular weight excluding hydrogens is 269 g/mol. The molecular formula is C13H20FNO3S. The molecule has 0 bridgehead atoms. The van der Waals surface area contributed by atoms with Crippen molar-refractivity contribution in [2.45, 2.75) is 50.7 Å². The smallest absolute Gasteiger partial charge is 0.243 e. The minimum absolute atomic E-state index is 0.202.